The van der Waals surface area contributed by atoms with Gasteiger partial charge in [-0.3, -0.25) is 0 Å². The number of rotatable bonds is 7. The Bertz CT molecular complexity index is 457. The molecule has 1 nitrogen and oxygen atoms in total. The van der Waals surface area contributed by atoms with Crippen LogP contribution in [-0.4, -0.2) is 18.8 Å². The summed E-state index contributed by atoms with van der Waals surface area (Å²) in [6.45, 7) is 2.12. The minimum atomic E-state index is 1.05. The van der Waals surface area contributed by atoms with Gasteiger partial charge in [0.05, 0.1) is 0 Å². The van der Waals surface area contributed by atoms with Crippen LogP contribution in [0.15, 0.2) is 51.1 Å². The number of hydrogen-bond acceptors (Lipinski definition) is 3. The van der Waals surface area contributed by atoms with Crippen LogP contribution in [0.25, 0.3) is 0 Å². The van der Waals surface area contributed by atoms with Gasteiger partial charge in [-0.15, -0.1) is 23.1 Å². The van der Waals surface area contributed by atoms with Crippen LogP contribution in [-0.2, 0) is 6.42 Å². The number of nitrogens with one attached hydrogen (secondary N) is 1. The van der Waals surface area contributed by atoms with Gasteiger partial charge in [0.25, 0.3) is 0 Å². The topological polar surface area (TPSA) is 12.0 Å². The second-order valence-electron chi connectivity index (χ2n) is 3.86. The van der Waals surface area contributed by atoms with Gasteiger partial charge in [-0.05, 0) is 52.5 Å². The van der Waals surface area contributed by atoms with Gasteiger partial charge >= 0.3 is 0 Å². The van der Waals surface area contributed by atoms with E-state index >= 15 is 0 Å². The molecule has 18 heavy (non-hydrogen) atoms. The van der Waals surface area contributed by atoms with E-state index in [1.54, 1.807) is 0 Å². The van der Waals surface area contributed by atoms with Gasteiger partial charge in [-0.25, -0.2) is 0 Å². The standard InChI is InChI=1S/C14H16BrNS2/c15-13-5-1-2-6-14(13)18-11-9-16-8-7-12-4-3-10-17-12/h1-6,10,16H,7-9,11H2. The van der Waals surface area contributed by atoms with Crippen molar-refractivity contribution in [3.63, 3.8) is 0 Å². The highest BCUT2D eigenvalue weighted by molar-refractivity contribution is 9.10. The number of thioether (sulfide) groups is 1. The number of halogens is 1. The lowest BCUT2D eigenvalue weighted by Crippen LogP contribution is -2.19. The second-order valence-corrected chi connectivity index (χ2v) is 6.88. The molecule has 2 aromatic rings. The molecule has 0 spiro atoms. The minimum Gasteiger partial charge on any atom is -0.316 e. The Balaban J connectivity index is 1.58. The first-order valence-corrected chi connectivity index (χ1v) is 8.62. The van der Waals surface area contributed by atoms with E-state index in [-0.39, 0.29) is 0 Å². The van der Waals surface area contributed by atoms with Crippen molar-refractivity contribution in [1.82, 2.24) is 5.32 Å². The van der Waals surface area contributed by atoms with Crippen LogP contribution >= 0.6 is 39.0 Å². The van der Waals surface area contributed by atoms with Crippen LogP contribution in [0.4, 0.5) is 0 Å². The summed E-state index contributed by atoms with van der Waals surface area (Å²) in [6, 6.07) is 12.7. The van der Waals surface area contributed by atoms with E-state index in [4.69, 9.17) is 0 Å². The fourth-order valence-electron chi connectivity index (χ4n) is 1.59. The fourth-order valence-corrected chi connectivity index (χ4v) is 3.77. The molecular formula is C14H16BrNS2. The van der Waals surface area contributed by atoms with Crippen LogP contribution in [0.1, 0.15) is 4.88 Å². The van der Waals surface area contributed by atoms with Gasteiger partial charge in [-0.1, -0.05) is 18.2 Å². The van der Waals surface area contributed by atoms with Gasteiger partial charge in [0.1, 0.15) is 0 Å². The first kappa shape index (κ1) is 14.1. The summed E-state index contributed by atoms with van der Waals surface area (Å²) in [5, 5.41) is 5.62. The average Bonchev–Trinajstić information content (AvgIpc) is 2.89. The molecule has 0 saturated heterocycles. The molecular weight excluding hydrogens is 326 g/mol. The van der Waals surface area contributed by atoms with E-state index in [0.717, 1.165) is 25.3 Å². The third-order valence-electron chi connectivity index (χ3n) is 2.50. The van der Waals surface area contributed by atoms with E-state index in [2.05, 4.69) is 57.0 Å². The normalized spacial score (nSPS) is 10.7. The summed E-state index contributed by atoms with van der Waals surface area (Å²) in [4.78, 5) is 2.78. The molecule has 2 rings (SSSR count). The number of hydrogen-bond donors (Lipinski definition) is 1. The number of benzene rings is 1. The van der Waals surface area contributed by atoms with Gasteiger partial charge in [0, 0.05) is 26.5 Å². The Hall–Kier alpha value is -0.290. The molecule has 0 aliphatic rings. The Morgan fingerprint density at radius 2 is 2.00 bits per heavy atom. The molecule has 0 unspecified atom stereocenters. The van der Waals surface area contributed by atoms with E-state index in [1.807, 2.05) is 29.2 Å². The van der Waals surface area contributed by atoms with Crippen LogP contribution < -0.4 is 5.32 Å². The Kier molecular flexibility index (Phi) is 6.28. The van der Waals surface area contributed by atoms with E-state index < -0.39 is 0 Å². The molecule has 4 heteroatoms. The van der Waals surface area contributed by atoms with Crippen molar-refractivity contribution in [1.29, 1.82) is 0 Å². The number of thiophene rings is 1. The Morgan fingerprint density at radius 1 is 1.11 bits per heavy atom. The zero-order valence-electron chi connectivity index (χ0n) is 10.1. The van der Waals surface area contributed by atoms with Crippen molar-refractivity contribution in [3.8, 4) is 0 Å². The van der Waals surface area contributed by atoms with Crippen molar-refractivity contribution in [2.45, 2.75) is 11.3 Å². The summed E-state index contributed by atoms with van der Waals surface area (Å²) >= 11 is 7.29. The lowest BCUT2D eigenvalue weighted by atomic mass is 10.3. The van der Waals surface area contributed by atoms with Crippen molar-refractivity contribution < 1.29 is 0 Å². The first-order valence-electron chi connectivity index (χ1n) is 5.96. The highest BCUT2D eigenvalue weighted by atomic mass is 79.9. The van der Waals surface area contributed by atoms with Crippen LogP contribution in [0.3, 0.4) is 0 Å². The van der Waals surface area contributed by atoms with Crippen LogP contribution in [0, 0.1) is 0 Å². The van der Waals surface area contributed by atoms with Crippen LogP contribution in [0.2, 0.25) is 0 Å². The maximum absolute atomic E-state index is 3.57. The van der Waals surface area contributed by atoms with Gasteiger partial charge in [-0.2, -0.15) is 0 Å². The molecule has 0 aliphatic carbocycles. The Labute approximate surface area is 125 Å². The molecule has 0 bridgehead atoms. The molecule has 0 fully saturated rings. The third-order valence-corrected chi connectivity index (χ3v) is 5.47. The highest BCUT2D eigenvalue weighted by Crippen LogP contribution is 2.26. The van der Waals surface area contributed by atoms with Gasteiger partial charge in [0.2, 0.25) is 0 Å². The summed E-state index contributed by atoms with van der Waals surface area (Å²) < 4.78 is 1.19. The monoisotopic (exact) mass is 341 g/mol. The summed E-state index contributed by atoms with van der Waals surface area (Å²) in [5.41, 5.74) is 0. The second kappa shape index (κ2) is 8.00. The van der Waals surface area contributed by atoms with Gasteiger partial charge < -0.3 is 5.32 Å². The molecule has 1 aromatic heterocycles. The predicted octanol–water partition coefficient (Wildman–Crippen LogP) is 4.44. The fraction of sp³-hybridized carbons (Fsp3) is 0.286. The third kappa shape index (κ3) is 4.76. The first-order chi connectivity index (χ1) is 8.86. The summed E-state index contributed by atoms with van der Waals surface area (Å²) in [5.74, 6) is 1.10. The summed E-state index contributed by atoms with van der Waals surface area (Å²) in [7, 11) is 0. The van der Waals surface area contributed by atoms with E-state index in [1.165, 1.54) is 14.2 Å². The van der Waals surface area contributed by atoms with E-state index in [0.29, 0.717) is 0 Å². The van der Waals surface area contributed by atoms with E-state index in [9.17, 15) is 0 Å². The SMILES string of the molecule is Brc1ccccc1SCCNCCc1cccs1. The molecule has 0 saturated carbocycles. The average molecular weight is 342 g/mol. The molecule has 1 aromatic carbocycles. The molecule has 0 aliphatic heterocycles. The molecule has 0 atom stereocenters. The predicted molar refractivity (Wildman–Crippen MR) is 85.8 cm³/mol. The highest BCUT2D eigenvalue weighted by Gasteiger charge is 1.98. The summed E-state index contributed by atoms with van der Waals surface area (Å²) in [6.07, 6.45) is 1.14. The van der Waals surface area contributed by atoms with Crippen molar-refractivity contribution >= 4 is 39.0 Å². The quantitative estimate of drug-likeness (QED) is 0.590. The molecule has 0 radical (unpaired) electrons. The minimum absolute atomic E-state index is 1.05. The zero-order chi connectivity index (χ0) is 12.6. The van der Waals surface area contributed by atoms with Crippen LogP contribution in [0.5, 0.6) is 0 Å². The van der Waals surface area contributed by atoms with Crippen molar-refractivity contribution in [3.05, 3.63) is 51.1 Å². The molecule has 1 N–H and O–H groups in total. The molecule has 0 amide bonds. The maximum Gasteiger partial charge on any atom is 0.0311 e. The molecule has 1 heterocycles. The lowest BCUT2D eigenvalue weighted by molar-refractivity contribution is 0.725. The van der Waals surface area contributed by atoms with Crippen molar-refractivity contribution in [2.24, 2.45) is 0 Å². The maximum atomic E-state index is 3.57. The lowest BCUT2D eigenvalue weighted by Gasteiger charge is -2.05. The smallest absolute Gasteiger partial charge is 0.0311 e. The van der Waals surface area contributed by atoms with Gasteiger partial charge in [0.15, 0.2) is 0 Å². The largest absolute Gasteiger partial charge is 0.316 e. The molecule has 96 valence electrons. The Morgan fingerprint density at radius 3 is 2.78 bits per heavy atom. The van der Waals surface area contributed by atoms with Crippen molar-refractivity contribution in [2.75, 3.05) is 18.8 Å². The zero-order valence-corrected chi connectivity index (χ0v) is 13.3.